The van der Waals surface area contributed by atoms with Crippen LogP contribution in [0, 0.1) is 0 Å². The third-order valence-electron chi connectivity index (χ3n) is 5.24. The molecule has 1 fully saturated rings. The molecule has 8 nitrogen and oxygen atoms in total. The van der Waals surface area contributed by atoms with E-state index in [-0.39, 0.29) is 24.4 Å². The Morgan fingerprint density at radius 2 is 1.71 bits per heavy atom. The number of ether oxygens (including phenoxy) is 2. The Labute approximate surface area is 196 Å². The highest BCUT2D eigenvalue weighted by molar-refractivity contribution is 6.13. The summed E-state index contributed by atoms with van der Waals surface area (Å²) >= 11 is 0. The van der Waals surface area contributed by atoms with Crippen LogP contribution in [0.5, 0.6) is 11.5 Å². The summed E-state index contributed by atoms with van der Waals surface area (Å²) in [4.78, 5) is 37.2. The molecule has 0 unspecified atom stereocenters. The molecule has 3 aromatic rings. The second-order valence-corrected chi connectivity index (χ2v) is 7.57. The van der Waals surface area contributed by atoms with E-state index in [1.54, 1.807) is 36.4 Å². The number of carboxylic acids is 1. The monoisotopic (exact) mass is 458 g/mol. The van der Waals surface area contributed by atoms with Crippen molar-refractivity contribution in [2.45, 2.75) is 13.2 Å². The molecule has 0 aliphatic carbocycles. The molecule has 1 saturated heterocycles. The molecule has 0 radical (unpaired) electrons. The van der Waals surface area contributed by atoms with Gasteiger partial charge in [0.05, 0.1) is 19.2 Å². The summed E-state index contributed by atoms with van der Waals surface area (Å²) in [6.45, 7) is 0.409. The molecule has 3 aromatic carbocycles. The van der Waals surface area contributed by atoms with Crippen molar-refractivity contribution in [1.29, 1.82) is 0 Å². The lowest BCUT2D eigenvalue weighted by Gasteiger charge is -2.12. The highest BCUT2D eigenvalue weighted by Crippen LogP contribution is 2.30. The predicted molar refractivity (Wildman–Crippen MR) is 124 cm³/mol. The minimum absolute atomic E-state index is 0.176. The van der Waals surface area contributed by atoms with Crippen molar-refractivity contribution >= 4 is 24.0 Å². The minimum atomic E-state index is -0.987. The van der Waals surface area contributed by atoms with E-state index in [2.05, 4.69) is 5.32 Å². The summed E-state index contributed by atoms with van der Waals surface area (Å²) < 4.78 is 11.2. The molecule has 0 saturated carbocycles. The lowest BCUT2D eigenvalue weighted by Crippen LogP contribution is -2.30. The van der Waals surface area contributed by atoms with Gasteiger partial charge < -0.3 is 19.9 Å². The minimum Gasteiger partial charge on any atom is -0.493 e. The molecule has 1 aliphatic heterocycles. The largest absolute Gasteiger partial charge is 0.493 e. The second-order valence-electron chi connectivity index (χ2n) is 7.57. The fourth-order valence-corrected chi connectivity index (χ4v) is 3.45. The first-order valence-corrected chi connectivity index (χ1v) is 10.5. The topological polar surface area (TPSA) is 105 Å². The molecule has 0 aromatic heterocycles. The summed E-state index contributed by atoms with van der Waals surface area (Å²) in [5, 5.41) is 11.6. The van der Waals surface area contributed by atoms with E-state index < -0.39 is 17.9 Å². The van der Waals surface area contributed by atoms with Crippen LogP contribution in [-0.2, 0) is 17.9 Å². The van der Waals surface area contributed by atoms with Crippen molar-refractivity contribution in [2.75, 3.05) is 7.11 Å². The molecular weight excluding hydrogens is 436 g/mol. The SMILES string of the molecule is COc1cc(/C=C2/NC(=O)N(Cc3ccccc3)C2=O)ccc1OCc1ccc(C(=O)O)cc1. The number of hydrogen-bond acceptors (Lipinski definition) is 5. The van der Waals surface area contributed by atoms with Crippen molar-refractivity contribution in [1.82, 2.24) is 10.2 Å². The Morgan fingerprint density at radius 1 is 0.971 bits per heavy atom. The highest BCUT2D eigenvalue weighted by atomic mass is 16.5. The van der Waals surface area contributed by atoms with Crippen molar-refractivity contribution in [2.24, 2.45) is 0 Å². The number of amides is 3. The lowest BCUT2D eigenvalue weighted by atomic mass is 10.1. The van der Waals surface area contributed by atoms with Gasteiger partial charge in [-0.3, -0.25) is 9.69 Å². The molecule has 0 atom stereocenters. The number of benzene rings is 3. The van der Waals surface area contributed by atoms with Crippen LogP contribution in [-0.4, -0.2) is 35.0 Å². The van der Waals surface area contributed by atoms with Crippen LogP contribution in [0.1, 0.15) is 27.0 Å². The molecular formula is C26H22N2O6. The molecule has 0 spiro atoms. The number of aromatic carboxylic acids is 1. The van der Waals surface area contributed by atoms with E-state index in [9.17, 15) is 14.4 Å². The van der Waals surface area contributed by atoms with Gasteiger partial charge in [0.25, 0.3) is 5.91 Å². The van der Waals surface area contributed by atoms with Crippen LogP contribution >= 0.6 is 0 Å². The van der Waals surface area contributed by atoms with Gasteiger partial charge in [0.2, 0.25) is 0 Å². The molecule has 8 heteroatoms. The van der Waals surface area contributed by atoms with Crippen LogP contribution in [0.15, 0.2) is 78.5 Å². The van der Waals surface area contributed by atoms with Gasteiger partial charge >= 0.3 is 12.0 Å². The standard InChI is InChI=1S/C26H22N2O6/c1-33-23-14-19(9-12-22(23)34-16-18-7-10-20(11-8-18)25(30)31)13-21-24(29)28(26(32)27-21)15-17-5-3-2-4-6-17/h2-14H,15-16H2,1H3,(H,27,32)(H,30,31)/b21-13+. The van der Waals surface area contributed by atoms with Gasteiger partial charge in [-0.05, 0) is 47.0 Å². The average molecular weight is 458 g/mol. The Morgan fingerprint density at radius 3 is 2.38 bits per heavy atom. The maximum absolute atomic E-state index is 12.8. The van der Waals surface area contributed by atoms with Crippen molar-refractivity contribution in [3.05, 3.63) is 101 Å². The molecule has 4 rings (SSSR count). The van der Waals surface area contributed by atoms with Gasteiger partial charge in [-0.15, -0.1) is 0 Å². The molecule has 1 heterocycles. The average Bonchev–Trinajstić information content (AvgIpc) is 3.11. The Kier molecular flexibility index (Phi) is 6.59. The number of nitrogens with one attached hydrogen (secondary N) is 1. The zero-order valence-electron chi connectivity index (χ0n) is 18.4. The Hall–Kier alpha value is -4.59. The maximum Gasteiger partial charge on any atom is 0.335 e. The van der Waals surface area contributed by atoms with E-state index in [0.29, 0.717) is 17.1 Å². The number of urea groups is 1. The van der Waals surface area contributed by atoms with Crippen molar-refractivity contribution in [3.8, 4) is 11.5 Å². The van der Waals surface area contributed by atoms with E-state index in [4.69, 9.17) is 14.6 Å². The number of hydrogen-bond donors (Lipinski definition) is 2. The van der Waals surface area contributed by atoms with Crippen LogP contribution in [0.3, 0.4) is 0 Å². The van der Waals surface area contributed by atoms with Gasteiger partial charge in [-0.1, -0.05) is 48.5 Å². The molecule has 34 heavy (non-hydrogen) atoms. The van der Waals surface area contributed by atoms with Gasteiger partial charge in [0.1, 0.15) is 12.3 Å². The van der Waals surface area contributed by atoms with Gasteiger partial charge in [-0.25, -0.2) is 9.59 Å². The first-order chi connectivity index (χ1) is 16.4. The molecule has 1 aliphatic rings. The van der Waals surface area contributed by atoms with Crippen molar-refractivity contribution < 1.29 is 29.0 Å². The number of carbonyl (C=O) groups excluding carboxylic acids is 2. The lowest BCUT2D eigenvalue weighted by molar-refractivity contribution is -0.123. The second kappa shape index (κ2) is 9.91. The maximum atomic E-state index is 12.8. The third kappa shape index (κ3) is 5.07. The van der Waals surface area contributed by atoms with E-state index in [1.807, 2.05) is 30.3 Å². The smallest absolute Gasteiger partial charge is 0.335 e. The number of imide groups is 1. The fraction of sp³-hybridized carbons (Fsp3) is 0.115. The van der Waals surface area contributed by atoms with Crippen LogP contribution in [0.2, 0.25) is 0 Å². The summed E-state index contributed by atoms with van der Waals surface area (Å²) in [6.07, 6.45) is 1.59. The number of carbonyl (C=O) groups is 3. The first-order valence-electron chi connectivity index (χ1n) is 10.5. The fourth-order valence-electron chi connectivity index (χ4n) is 3.45. The molecule has 3 amide bonds. The summed E-state index contributed by atoms with van der Waals surface area (Å²) in [6, 6.07) is 20.4. The van der Waals surface area contributed by atoms with E-state index >= 15 is 0 Å². The summed E-state index contributed by atoms with van der Waals surface area (Å²) in [5.41, 5.74) is 2.69. The number of methoxy groups -OCH3 is 1. The number of carboxylic acid groups (broad SMARTS) is 1. The number of rotatable bonds is 8. The quantitative estimate of drug-likeness (QED) is 0.390. The third-order valence-corrected chi connectivity index (χ3v) is 5.24. The van der Waals surface area contributed by atoms with Crippen LogP contribution < -0.4 is 14.8 Å². The predicted octanol–water partition coefficient (Wildman–Crippen LogP) is 4.07. The molecule has 172 valence electrons. The molecule has 0 bridgehead atoms. The number of nitrogens with zero attached hydrogens (tertiary/aromatic N) is 1. The van der Waals surface area contributed by atoms with Gasteiger partial charge in [-0.2, -0.15) is 0 Å². The Balaban J connectivity index is 1.46. The van der Waals surface area contributed by atoms with Gasteiger partial charge in [0, 0.05) is 0 Å². The Bertz CT molecular complexity index is 1250. The van der Waals surface area contributed by atoms with Crippen molar-refractivity contribution in [3.63, 3.8) is 0 Å². The van der Waals surface area contributed by atoms with Gasteiger partial charge in [0.15, 0.2) is 11.5 Å². The van der Waals surface area contributed by atoms with Crippen LogP contribution in [0.4, 0.5) is 4.79 Å². The molecule has 2 N–H and O–H groups in total. The highest BCUT2D eigenvalue weighted by Gasteiger charge is 2.33. The van der Waals surface area contributed by atoms with E-state index in [0.717, 1.165) is 16.0 Å². The van der Waals surface area contributed by atoms with E-state index in [1.165, 1.54) is 19.2 Å². The zero-order chi connectivity index (χ0) is 24.1. The van der Waals surface area contributed by atoms with Crippen LogP contribution in [0.25, 0.3) is 6.08 Å². The first kappa shape index (κ1) is 22.6. The summed E-state index contributed by atoms with van der Waals surface area (Å²) in [5.74, 6) is -0.453. The zero-order valence-corrected chi connectivity index (χ0v) is 18.4. The summed E-state index contributed by atoms with van der Waals surface area (Å²) in [7, 11) is 1.50. The normalized spacial score (nSPS) is 14.3.